The zero-order valence-electron chi connectivity index (χ0n) is 18.5. The minimum atomic E-state index is 0. The summed E-state index contributed by atoms with van der Waals surface area (Å²) in [7, 11) is 1.73. The van der Waals surface area contributed by atoms with E-state index in [1.807, 2.05) is 12.1 Å². The number of hydrogen-bond donors (Lipinski definition) is 1. The topological polar surface area (TPSA) is 59.2 Å². The Labute approximate surface area is 203 Å². The maximum atomic E-state index is 6.00. The van der Waals surface area contributed by atoms with Crippen LogP contribution in [0.25, 0.3) is 0 Å². The summed E-state index contributed by atoms with van der Waals surface area (Å²) < 4.78 is 16.5. The lowest BCUT2D eigenvalue weighted by molar-refractivity contribution is 0.00990. The summed E-state index contributed by atoms with van der Waals surface area (Å²) in [5.41, 5.74) is 1.34. The summed E-state index contributed by atoms with van der Waals surface area (Å²) in [6, 6.07) is 14.5. The van der Waals surface area contributed by atoms with Gasteiger partial charge in [0, 0.05) is 52.9 Å². The molecule has 6 nitrogen and oxygen atoms in total. The Balaban J connectivity index is 0.00000341. The maximum absolute atomic E-state index is 6.00. The fraction of sp³-hybridized carbons (Fsp3) is 0.542. The van der Waals surface area contributed by atoms with Crippen LogP contribution < -0.4 is 5.32 Å². The molecule has 0 amide bonds. The van der Waals surface area contributed by atoms with E-state index >= 15 is 0 Å². The van der Waals surface area contributed by atoms with E-state index in [9.17, 15) is 0 Å². The van der Waals surface area contributed by atoms with Gasteiger partial charge in [0.2, 0.25) is 0 Å². The Morgan fingerprint density at radius 2 is 1.90 bits per heavy atom. The fourth-order valence-corrected chi connectivity index (χ4v) is 3.65. The molecule has 1 saturated heterocycles. The number of hydrogen-bond acceptors (Lipinski definition) is 4. The molecule has 0 spiro atoms. The summed E-state index contributed by atoms with van der Waals surface area (Å²) in [4.78, 5) is 7.24. The zero-order chi connectivity index (χ0) is 20.9. The first-order valence-electron chi connectivity index (χ1n) is 11.1. The van der Waals surface area contributed by atoms with Gasteiger partial charge >= 0.3 is 0 Å². The van der Waals surface area contributed by atoms with Crippen LogP contribution in [-0.2, 0) is 22.3 Å². The first-order valence-corrected chi connectivity index (χ1v) is 11.1. The molecule has 1 aliphatic heterocycles. The number of nitrogens with zero attached hydrogens (tertiary/aromatic N) is 2. The number of aliphatic imine (C=N–C) groups is 1. The highest BCUT2D eigenvalue weighted by atomic mass is 127. The van der Waals surface area contributed by atoms with Crippen molar-refractivity contribution in [2.45, 2.75) is 38.2 Å². The smallest absolute Gasteiger partial charge is 0.193 e. The van der Waals surface area contributed by atoms with E-state index in [4.69, 9.17) is 18.9 Å². The van der Waals surface area contributed by atoms with Gasteiger partial charge in [0.15, 0.2) is 5.96 Å². The van der Waals surface area contributed by atoms with Crippen molar-refractivity contribution in [3.63, 3.8) is 0 Å². The fourth-order valence-electron chi connectivity index (χ4n) is 3.65. The first-order chi connectivity index (χ1) is 14.8. The van der Waals surface area contributed by atoms with Gasteiger partial charge in [-0.1, -0.05) is 30.3 Å². The van der Waals surface area contributed by atoms with E-state index in [1.54, 1.807) is 13.4 Å². The average molecular weight is 541 g/mol. The van der Waals surface area contributed by atoms with Crippen LogP contribution in [0.5, 0.6) is 0 Å². The van der Waals surface area contributed by atoms with Gasteiger partial charge in [0.05, 0.1) is 12.4 Å². The minimum Gasteiger partial charge on any atom is -0.469 e. The van der Waals surface area contributed by atoms with Crippen molar-refractivity contribution in [3.05, 3.63) is 60.1 Å². The Kier molecular flexibility index (Phi) is 12.6. The summed E-state index contributed by atoms with van der Waals surface area (Å²) in [6.45, 7) is 5.06. The van der Waals surface area contributed by atoms with Crippen molar-refractivity contribution in [1.29, 1.82) is 0 Å². The third-order valence-corrected chi connectivity index (χ3v) is 5.33. The normalized spacial score (nSPS) is 15.0. The lowest BCUT2D eigenvalue weighted by atomic mass is 10.1. The van der Waals surface area contributed by atoms with Crippen molar-refractivity contribution in [3.8, 4) is 0 Å². The summed E-state index contributed by atoms with van der Waals surface area (Å²) in [5, 5.41) is 3.58. The van der Waals surface area contributed by atoms with Crippen LogP contribution in [-0.4, -0.2) is 63.5 Å². The second-order valence-corrected chi connectivity index (χ2v) is 7.60. The molecule has 3 rings (SSSR count). The summed E-state index contributed by atoms with van der Waals surface area (Å²) in [5.74, 6) is 1.97. The van der Waals surface area contributed by atoms with Crippen LogP contribution in [0, 0.1) is 0 Å². The molecule has 0 aliphatic carbocycles. The molecule has 1 N–H and O–H groups in total. The van der Waals surface area contributed by atoms with E-state index in [0.29, 0.717) is 12.6 Å². The lowest BCUT2D eigenvalue weighted by Crippen LogP contribution is -2.47. The Morgan fingerprint density at radius 3 is 2.61 bits per heavy atom. The number of ether oxygens (including phenoxy) is 2. The molecular weight excluding hydrogens is 505 g/mol. The van der Waals surface area contributed by atoms with Gasteiger partial charge < -0.3 is 24.1 Å². The van der Waals surface area contributed by atoms with E-state index in [2.05, 4.69) is 40.5 Å². The van der Waals surface area contributed by atoms with Gasteiger partial charge in [-0.25, -0.2) is 0 Å². The standard InChI is InChI=1S/C24H35N3O3.HI/c1-28-18-6-20-30-23-12-16-27(17-13-23)24(26-15-11-22-9-5-19-29-22)25-14-10-21-7-3-2-4-8-21;/h2-5,7-9,19,23H,6,10-18,20H2,1H3,(H,25,26);1H. The number of halogens is 1. The average Bonchev–Trinajstić information content (AvgIpc) is 3.30. The Bertz CT molecular complexity index is 717. The second kappa shape index (κ2) is 15.3. The molecule has 2 heterocycles. The van der Waals surface area contributed by atoms with Crippen molar-refractivity contribution >= 4 is 29.9 Å². The van der Waals surface area contributed by atoms with Gasteiger partial charge in [-0.15, -0.1) is 24.0 Å². The van der Waals surface area contributed by atoms with E-state index in [0.717, 1.165) is 76.7 Å². The number of piperidine rings is 1. The number of furan rings is 1. The number of likely N-dealkylation sites (tertiary alicyclic amines) is 1. The lowest BCUT2D eigenvalue weighted by Gasteiger charge is -2.34. The van der Waals surface area contributed by atoms with Crippen molar-refractivity contribution in [2.75, 3.05) is 46.5 Å². The van der Waals surface area contributed by atoms with Gasteiger partial charge in [-0.2, -0.15) is 0 Å². The minimum absolute atomic E-state index is 0. The molecule has 0 radical (unpaired) electrons. The highest BCUT2D eigenvalue weighted by Crippen LogP contribution is 2.14. The maximum Gasteiger partial charge on any atom is 0.193 e. The second-order valence-electron chi connectivity index (χ2n) is 7.60. The predicted molar refractivity (Wildman–Crippen MR) is 135 cm³/mol. The highest BCUT2D eigenvalue weighted by Gasteiger charge is 2.22. The Hall–Kier alpha value is -1.58. The molecule has 172 valence electrons. The molecule has 0 unspecified atom stereocenters. The number of benzene rings is 1. The predicted octanol–water partition coefficient (Wildman–Crippen LogP) is 4.15. The molecule has 0 bridgehead atoms. The molecular formula is C24H36IN3O3. The molecule has 1 fully saturated rings. The zero-order valence-corrected chi connectivity index (χ0v) is 20.8. The van der Waals surface area contributed by atoms with Crippen molar-refractivity contribution in [1.82, 2.24) is 10.2 Å². The molecule has 7 heteroatoms. The number of nitrogens with one attached hydrogen (secondary N) is 1. The molecule has 0 atom stereocenters. The SMILES string of the molecule is COCCCOC1CCN(C(=NCCc2ccco2)NCCc2ccccc2)CC1.I. The molecule has 0 saturated carbocycles. The monoisotopic (exact) mass is 541 g/mol. The summed E-state index contributed by atoms with van der Waals surface area (Å²) in [6.07, 6.45) is 6.88. The van der Waals surface area contributed by atoms with Gasteiger partial charge in [0.25, 0.3) is 0 Å². The van der Waals surface area contributed by atoms with Crippen LogP contribution >= 0.6 is 24.0 Å². The number of rotatable bonds is 11. The molecule has 1 aliphatic rings. The van der Waals surface area contributed by atoms with E-state index < -0.39 is 0 Å². The van der Waals surface area contributed by atoms with Crippen LogP contribution in [0.2, 0.25) is 0 Å². The van der Waals surface area contributed by atoms with Gasteiger partial charge in [-0.3, -0.25) is 4.99 Å². The van der Waals surface area contributed by atoms with Crippen molar-refractivity contribution in [2.24, 2.45) is 4.99 Å². The summed E-state index contributed by atoms with van der Waals surface area (Å²) >= 11 is 0. The molecule has 2 aromatic rings. The Morgan fingerprint density at radius 1 is 1.10 bits per heavy atom. The molecule has 31 heavy (non-hydrogen) atoms. The largest absolute Gasteiger partial charge is 0.469 e. The van der Waals surface area contributed by atoms with Crippen molar-refractivity contribution < 1.29 is 13.9 Å². The third-order valence-electron chi connectivity index (χ3n) is 5.33. The van der Waals surface area contributed by atoms with Crippen LogP contribution in [0.1, 0.15) is 30.6 Å². The number of methoxy groups -OCH3 is 1. The van der Waals surface area contributed by atoms with Gasteiger partial charge in [-0.05, 0) is 43.4 Å². The van der Waals surface area contributed by atoms with Gasteiger partial charge in [0.1, 0.15) is 5.76 Å². The quantitative estimate of drug-likeness (QED) is 0.201. The van der Waals surface area contributed by atoms with Crippen LogP contribution in [0.3, 0.4) is 0 Å². The highest BCUT2D eigenvalue weighted by molar-refractivity contribution is 14.0. The van der Waals surface area contributed by atoms with E-state index in [1.165, 1.54) is 5.56 Å². The first kappa shape index (κ1) is 25.7. The van der Waals surface area contributed by atoms with Crippen LogP contribution in [0.4, 0.5) is 0 Å². The van der Waals surface area contributed by atoms with E-state index in [-0.39, 0.29) is 24.0 Å². The molecule has 1 aromatic heterocycles. The third kappa shape index (κ3) is 9.62. The number of guanidine groups is 1. The van der Waals surface area contributed by atoms with Crippen LogP contribution in [0.15, 0.2) is 58.1 Å². The molecule has 1 aromatic carbocycles.